The average Bonchev–Trinajstić information content (AvgIpc) is 2.89. The van der Waals surface area contributed by atoms with Crippen LogP contribution in [0.1, 0.15) is 5.56 Å². The molecule has 4 aromatic carbocycles. The molecule has 0 radical (unpaired) electrons. The molecule has 4 aromatic rings. The van der Waals surface area contributed by atoms with Crippen molar-refractivity contribution >= 4 is 44.9 Å². The van der Waals surface area contributed by atoms with Crippen molar-refractivity contribution in [2.24, 2.45) is 0 Å². The monoisotopic (exact) mass is 450 g/mol. The average molecular weight is 451 g/mol. The van der Waals surface area contributed by atoms with Gasteiger partial charge in [0.1, 0.15) is 4.99 Å². The van der Waals surface area contributed by atoms with Crippen LogP contribution in [0.15, 0.2) is 109 Å². The largest absolute Gasteiger partial charge is 0.378 e. The molecule has 1 fully saturated rings. The lowest BCUT2D eigenvalue weighted by atomic mass is 10.0. The number of anilines is 2. The van der Waals surface area contributed by atoms with E-state index in [4.69, 9.17) is 17.0 Å². The number of ether oxygens (including phenoxy) is 1. The molecule has 3 nitrogen and oxygen atoms in total. The molecular formula is C29H26N2OS. The molecule has 1 aliphatic rings. The fourth-order valence-electron chi connectivity index (χ4n) is 4.23. The summed E-state index contributed by atoms with van der Waals surface area (Å²) in [7, 11) is 0. The van der Waals surface area contributed by atoms with Crippen LogP contribution >= 0.6 is 12.2 Å². The predicted octanol–water partition coefficient (Wildman–Crippen LogP) is 6.68. The molecule has 5 rings (SSSR count). The summed E-state index contributed by atoms with van der Waals surface area (Å²) < 4.78 is 5.57. The highest BCUT2D eigenvalue weighted by atomic mass is 32.1. The third-order valence-corrected chi connectivity index (χ3v) is 6.30. The Bertz CT molecular complexity index is 1260. The predicted molar refractivity (Wildman–Crippen MR) is 142 cm³/mol. The molecule has 0 saturated carbocycles. The van der Waals surface area contributed by atoms with Gasteiger partial charge in [-0.25, -0.2) is 0 Å². The van der Waals surface area contributed by atoms with Crippen molar-refractivity contribution in [3.8, 4) is 0 Å². The summed E-state index contributed by atoms with van der Waals surface area (Å²) >= 11 is 6.27. The fourth-order valence-corrected chi connectivity index (χ4v) is 4.60. The SMILES string of the molecule is S=C(C(=CN1CCOCC1)c1ccccc1)N(c1ccccc1)c1cccc2ccccc12. The lowest BCUT2D eigenvalue weighted by Gasteiger charge is -2.31. The van der Waals surface area contributed by atoms with Crippen LogP contribution in [0, 0.1) is 0 Å². The van der Waals surface area contributed by atoms with E-state index in [-0.39, 0.29) is 0 Å². The van der Waals surface area contributed by atoms with Gasteiger partial charge in [-0.3, -0.25) is 0 Å². The normalized spacial score (nSPS) is 14.3. The molecule has 0 aromatic heterocycles. The van der Waals surface area contributed by atoms with E-state index >= 15 is 0 Å². The topological polar surface area (TPSA) is 15.7 Å². The van der Waals surface area contributed by atoms with Gasteiger partial charge in [0.15, 0.2) is 0 Å². The van der Waals surface area contributed by atoms with Gasteiger partial charge in [-0.15, -0.1) is 0 Å². The number of benzene rings is 4. The number of para-hydroxylation sites is 1. The number of rotatable bonds is 5. The number of fused-ring (bicyclic) bond motifs is 1. The van der Waals surface area contributed by atoms with Gasteiger partial charge in [0.2, 0.25) is 0 Å². The van der Waals surface area contributed by atoms with Crippen molar-refractivity contribution in [1.29, 1.82) is 0 Å². The zero-order valence-electron chi connectivity index (χ0n) is 18.4. The first-order chi connectivity index (χ1) is 16.3. The quantitative estimate of drug-likeness (QED) is 0.249. The highest BCUT2D eigenvalue weighted by Crippen LogP contribution is 2.35. The van der Waals surface area contributed by atoms with Crippen molar-refractivity contribution in [1.82, 2.24) is 4.90 Å². The Morgan fingerprint density at radius 2 is 1.39 bits per heavy atom. The molecule has 0 spiro atoms. The second kappa shape index (κ2) is 9.99. The van der Waals surface area contributed by atoms with Crippen LogP contribution in [0.2, 0.25) is 0 Å². The van der Waals surface area contributed by atoms with Gasteiger partial charge in [-0.2, -0.15) is 0 Å². The molecule has 164 valence electrons. The molecule has 0 unspecified atom stereocenters. The molecule has 0 atom stereocenters. The van der Waals surface area contributed by atoms with Crippen LogP contribution < -0.4 is 4.90 Å². The molecule has 1 saturated heterocycles. The van der Waals surface area contributed by atoms with Crippen LogP contribution in [0.5, 0.6) is 0 Å². The fraction of sp³-hybridized carbons (Fsp3) is 0.138. The van der Waals surface area contributed by atoms with Gasteiger partial charge in [0.05, 0.1) is 18.9 Å². The van der Waals surface area contributed by atoms with Crippen LogP contribution in [0.3, 0.4) is 0 Å². The zero-order valence-corrected chi connectivity index (χ0v) is 19.2. The second-order valence-corrected chi connectivity index (χ2v) is 8.42. The van der Waals surface area contributed by atoms with Gasteiger partial charge in [-0.05, 0) is 29.1 Å². The lowest BCUT2D eigenvalue weighted by molar-refractivity contribution is 0.0597. The summed E-state index contributed by atoms with van der Waals surface area (Å²) in [5.41, 5.74) is 4.26. The van der Waals surface area contributed by atoms with Gasteiger partial charge in [-0.1, -0.05) is 97.1 Å². The molecule has 0 N–H and O–H groups in total. The lowest BCUT2D eigenvalue weighted by Crippen LogP contribution is -2.34. The van der Waals surface area contributed by atoms with E-state index in [1.807, 2.05) is 12.1 Å². The van der Waals surface area contributed by atoms with Gasteiger partial charge in [0.25, 0.3) is 0 Å². The number of hydrogen-bond donors (Lipinski definition) is 0. The first-order valence-electron chi connectivity index (χ1n) is 11.3. The Labute approximate surface area is 200 Å². The van der Waals surface area contributed by atoms with Crippen LogP contribution in [-0.2, 0) is 4.74 Å². The van der Waals surface area contributed by atoms with Gasteiger partial charge in [0, 0.05) is 35.9 Å². The van der Waals surface area contributed by atoms with Crippen LogP contribution in [-0.4, -0.2) is 36.2 Å². The molecule has 1 aliphatic heterocycles. The highest BCUT2D eigenvalue weighted by molar-refractivity contribution is 7.81. The number of morpholine rings is 1. The number of thiocarbonyl (C=S) groups is 1. The van der Waals surface area contributed by atoms with Crippen molar-refractivity contribution in [2.45, 2.75) is 0 Å². The molecule has 0 aliphatic carbocycles. The number of hydrogen-bond acceptors (Lipinski definition) is 3. The minimum Gasteiger partial charge on any atom is -0.378 e. The second-order valence-electron chi connectivity index (χ2n) is 8.03. The van der Waals surface area contributed by atoms with Crippen molar-refractivity contribution in [2.75, 3.05) is 31.2 Å². The molecule has 1 heterocycles. The Balaban J connectivity index is 1.67. The Morgan fingerprint density at radius 1 is 0.758 bits per heavy atom. The first-order valence-corrected chi connectivity index (χ1v) is 11.7. The summed E-state index contributed by atoms with van der Waals surface area (Å²) in [4.78, 5) is 5.29. The third-order valence-electron chi connectivity index (χ3n) is 5.90. The van der Waals surface area contributed by atoms with E-state index < -0.39 is 0 Å². The smallest absolute Gasteiger partial charge is 0.120 e. The van der Waals surface area contributed by atoms with Gasteiger partial charge >= 0.3 is 0 Å². The van der Waals surface area contributed by atoms with E-state index in [9.17, 15) is 0 Å². The molecule has 0 amide bonds. The van der Waals surface area contributed by atoms with Gasteiger partial charge < -0.3 is 14.5 Å². The van der Waals surface area contributed by atoms with E-state index in [2.05, 4.69) is 107 Å². The minimum atomic E-state index is 0.733. The summed E-state index contributed by atoms with van der Waals surface area (Å²) in [6, 6.07) is 35.7. The van der Waals surface area contributed by atoms with Crippen LogP contribution in [0.25, 0.3) is 16.3 Å². The van der Waals surface area contributed by atoms with Crippen molar-refractivity contribution in [3.63, 3.8) is 0 Å². The molecular weight excluding hydrogens is 424 g/mol. The standard InChI is InChI=1S/C29H26N2OS/c33-29(27(24-10-3-1-4-11-24)22-30-18-20-32-21-19-30)31(25-14-5-2-6-15-25)28-17-9-13-23-12-7-8-16-26(23)28/h1-17,22H,18-21H2. The van der Waals surface area contributed by atoms with E-state index in [0.717, 1.165) is 53.8 Å². The minimum absolute atomic E-state index is 0.733. The van der Waals surface area contributed by atoms with Crippen LogP contribution in [0.4, 0.5) is 11.4 Å². The summed E-state index contributed by atoms with van der Waals surface area (Å²) in [5.74, 6) is 0. The van der Waals surface area contributed by atoms with Crippen molar-refractivity contribution in [3.05, 3.63) is 115 Å². The molecule has 0 bridgehead atoms. The van der Waals surface area contributed by atoms with E-state index in [1.165, 1.54) is 10.8 Å². The van der Waals surface area contributed by atoms with Crippen molar-refractivity contribution < 1.29 is 4.74 Å². The summed E-state index contributed by atoms with van der Waals surface area (Å²) in [5, 5.41) is 2.36. The highest BCUT2D eigenvalue weighted by Gasteiger charge is 2.22. The Morgan fingerprint density at radius 3 is 2.15 bits per heavy atom. The third kappa shape index (κ3) is 4.68. The molecule has 33 heavy (non-hydrogen) atoms. The first kappa shape index (κ1) is 21.4. The summed E-state index contributed by atoms with van der Waals surface area (Å²) in [6.07, 6.45) is 2.21. The van der Waals surface area contributed by atoms with E-state index in [0.29, 0.717) is 0 Å². The Kier molecular flexibility index (Phi) is 6.47. The maximum absolute atomic E-state index is 6.27. The number of nitrogens with zero attached hydrogens (tertiary/aromatic N) is 2. The maximum Gasteiger partial charge on any atom is 0.120 e. The summed E-state index contributed by atoms with van der Waals surface area (Å²) in [6.45, 7) is 3.19. The maximum atomic E-state index is 6.27. The zero-order chi connectivity index (χ0) is 22.5. The van der Waals surface area contributed by atoms with E-state index in [1.54, 1.807) is 0 Å². The Hall–Kier alpha value is -3.47. The molecule has 4 heteroatoms.